The van der Waals surface area contributed by atoms with E-state index in [9.17, 15) is 9.90 Å². The second kappa shape index (κ2) is 10.6. The van der Waals surface area contributed by atoms with Crippen LogP contribution in [0.2, 0.25) is 0 Å². The number of aliphatic hydroxyl groups is 1. The van der Waals surface area contributed by atoms with Crippen molar-refractivity contribution in [2.75, 3.05) is 13.2 Å². The fourth-order valence-corrected chi connectivity index (χ4v) is 2.59. The van der Waals surface area contributed by atoms with Crippen molar-refractivity contribution in [2.24, 2.45) is 11.1 Å². The number of oxime groups is 1. The highest BCUT2D eigenvalue weighted by Crippen LogP contribution is 2.23. The van der Waals surface area contributed by atoms with Gasteiger partial charge in [-0.1, -0.05) is 50.6 Å². The van der Waals surface area contributed by atoms with Gasteiger partial charge in [0.1, 0.15) is 5.92 Å². The summed E-state index contributed by atoms with van der Waals surface area (Å²) in [5, 5.41) is 13.2. The van der Waals surface area contributed by atoms with Gasteiger partial charge in [0.15, 0.2) is 6.10 Å². The molecule has 5 nitrogen and oxygen atoms in total. The van der Waals surface area contributed by atoms with E-state index >= 15 is 0 Å². The molecule has 1 heterocycles. The van der Waals surface area contributed by atoms with Gasteiger partial charge in [-0.3, -0.25) is 4.79 Å². The number of carbonyl (C=O) groups is 1. The molecule has 1 N–H and O–H groups in total. The number of ether oxygens (including phenoxy) is 1. The quantitative estimate of drug-likeness (QED) is 0.470. The van der Waals surface area contributed by atoms with E-state index in [2.05, 4.69) is 12.1 Å². The van der Waals surface area contributed by atoms with Gasteiger partial charge in [-0.15, -0.1) is 0 Å². The fraction of sp³-hybridized carbons (Fsp3) is 0.875. The number of unbranched alkanes of at least 4 members (excludes halogenated alkanes) is 6. The summed E-state index contributed by atoms with van der Waals surface area (Å²) >= 11 is 0. The van der Waals surface area contributed by atoms with Gasteiger partial charge in [0.05, 0.1) is 18.9 Å². The zero-order chi connectivity index (χ0) is 15.5. The van der Waals surface area contributed by atoms with Crippen molar-refractivity contribution in [3.05, 3.63) is 0 Å². The van der Waals surface area contributed by atoms with Gasteiger partial charge in [0.2, 0.25) is 0 Å². The Morgan fingerprint density at radius 1 is 1.19 bits per heavy atom. The van der Waals surface area contributed by atoms with Crippen LogP contribution in [0, 0.1) is 5.92 Å². The molecule has 0 fully saturated rings. The number of rotatable bonds is 11. The molecule has 1 aliphatic rings. The molecule has 122 valence electrons. The summed E-state index contributed by atoms with van der Waals surface area (Å²) in [7, 11) is 0. The normalized spacial score (nSPS) is 21.0. The van der Waals surface area contributed by atoms with Gasteiger partial charge < -0.3 is 14.7 Å². The first-order valence-corrected chi connectivity index (χ1v) is 8.24. The lowest BCUT2D eigenvalue weighted by atomic mass is 9.93. The van der Waals surface area contributed by atoms with Crippen molar-refractivity contribution in [1.29, 1.82) is 0 Å². The third-order valence-corrected chi connectivity index (χ3v) is 3.79. The minimum atomic E-state index is -0.580. The summed E-state index contributed by atoms with van der Waals surface area (Å²) in [5.41, 5.74) is 0.723. The molecule has 0 aromatic rings. The third-order valence-electron chi connectivity index (χ3n) is 3.79. The molecule has 0 radical (unpaired) electrons. The first-order chi connectivity index (χ1) is 10.2. The molecule has 1 aliphatic heterocycles. The van der Waals surface area contributed by atoms with Crippen LogP contribution in [0.15, 0.2) is 5.16 Å². The van der Waals surface area contributed by atoms with Crippen molar-refractivity contribution in [2.45, 2.75) is 71.3 Å². The van der Waals surface area contributed by atoms with E-state index in [1.54, 1.807) is 6.92 Å². The number of nitrogens with zero attached hydrogens (tertiary/aromatic N) is 1. The van der Waals surface area contributed by atoms with Crippen LogP contribution in [-0.2, 0) is 14.4 Å². The minimum absolute atomic E-state index is 0.215. The summed E-state index contributed by atoms with van der Waals surface area (Å²) in [4.78, 5) is 17.1. The summed E-state index contributed by atoms with van der Waals surface area (Å²) in [6, 6.07) is 0. The molecule has 5 heteroatoms. The van der Waals surface area contributed by atoms with Crippen LogP contribution in [0.4, 0.5) is 0 Å². The molecule has 2 atom stereocenters. The molecule has 0 saturated carbocycles. The van der Waals surface area contributed by atoms with Crippen LogP contribution >= 0.6 is 0 Å². The summed E-state index contributed by atoms with van der Waals surface area (Å²) in [5.74, 6) is -0.870. The molecular formula is C16H29NO4. The number of hydrogen-bond acceptors (Lipinski definition) is 5. The highest BCUT2D eigenvalue weighted by atomic mass is 16.7. The van der Waals surface area contributed by atoms with E-state index < -0.39 is 12.0 Å². The second-order valence-corrected chi connectivity index (χ2v) is 5.51. The van der Waals surface area contributed by atoms with Crippen molar-refractivity contribution >= 4 is 11.7 Å². The highest BCUT2D eigenvalue weighted by molar-refractivity contribution is 6.03. The van der Waals surface area contributed by atoms with Crippen LogP contribution in [0.5, 0.6) is 0 Å². The Balaban J connectivity index is 2.30. The van der Waals surface area contributed by atoms with E-state index in [4.69, 9.17) is 9.57 Å². The van der Waals surface area contributed by atoms with E-state index in [1.807, 2.05) is 0 Å². The third kappa shape index (κ3) is 6.04. The molecule has 0 bridgehead atoms. The average molecular weight is 299 g/mol. The highest BCUT2D eigenvalue weighted by Gasteiger charge is 2.40. The molecule has 0 unspecified atom stereocenters. The lowest BCUT2D eigenvalue weighted by molar-refractivity contribution is -0.149. The summed E-state index contributed by atoms with van der Waals surface area (Å²) < 4.78 is 5.05. The van der Waals surface area contributed by atoms with Crippen LogP contribution < -0.4 is 0 Å². The molecule has 0 aliphatic carbocycles. The maximum absolute atomic E-state index is 11.9. The Hall–Kier alpha value is -1.10. The molecule has 0 aromatic carbocycles. The summed E-state index contributed by atoms with van der Waals surface area (Å²) in [6.07, 6.45) is 8.68. The van der Waals surface area contributed by atoms with Gasteiger partial charge in [0, 0.05) is 0 Å². The zero-order valence-electron chi connectivity index (χ0n) is 13.3. The standard InChI is InChI=1S/C16H29NO4/c1-3-5-6-7-8-9-10-11-13-15(16(19)20-4-2)14(12-18)21-17-13/h14-15,18H,3-12H2,1-2H3/t14-,15+/m0/s1. The van der Waals surface area contributed by atoms with Gasteiger partial charge in [-0.2, -0.15) is 0 Å². The monoisotopic (exact) mass is 299 g/mol. The van der Waals surface area contributed by atoms with Gasteiger partial charge in [-0.25, -0.2) is 0 Å². The van der Waals surface area contributed by atoms with Crippen molar-refractivity contribution in [3.63, 3.8) is 0 Å². The lowest BCUT2D eigenvalue weighted by Gasteiger charge is -2.15. The van der Waals surface area contributed by atoms with Crippen molar-refractivity contribution < 1.29 is 19.5 Å². The van der Waals surface area contributed by atoms with Gasteiger partial charge >= 0.3 is 5.97 Å². The van der Waals surface area contributed by atoms with E-state index in [0.29, 0.717) is 6.61 Å². The average Bonchev–Trinajstić information content (AvgIpc) is 2.89. The number of carbonyl (C=O) groups excluding carboxylic acids is 1. The van der Waals surface area contributed by atoms with E-state index in [1.165, 1.54) is 32.1 Å². The van der Waals surface area contributed by atoms with Crippen molar-refractivity contribution in [1.82, 2.24) is 0 Å². The maximum Gasteiger partial charge on any atom is 0.318 e. The Morgan fingerprint density at radius 3 is 2.48 bits per heavy atom. The maximum atomic E-state index is 11.9. The number of hydrogen-bond donors (Lipinski definition) is 1. The second-order valence-electron chi connectivity index (χ2n) is 5.51. The minimum Gasteiger partial charge on any atom is -0.465 e. The molecule has 0 saturated heterocycles. The largest absolute Gasteiger partial charge is 0.465 e. The number of aliphatic hydroxyl groups excluding tert-OH is 1. The zero-order valence-corrected chi connectivity index (χ0v) is 13.3. The lowest BCUT2D eigenvalue weighted by Crippen LogP contribution is -2.35. The fourth-order valence-electron chi connectivity index (χ4n) is 2.59. The molecule has 1 rings (SSSR count). The molecule has 0 spiro atoms. The van der Waals surface area contributed by atoms with E-state index in [0.717, 1.165) is 25.0 Å². The first kappa shape index (κ1) is 18.0. The van der Waals surface area contributed by atoms with Crippen LogP contribution in [0.25, 0.3) is 0 Å². The Bertz CT molecular complexity index is 330. The number of esters is 1. The molecule has 0 amide bonds. The summed E-state index contributed by atoms with van der Waals surface area (Å²) in [6.45, 7) is 4.10. The van der Waals surface area contributed by atoms with Gasteiger partial charge in [-0.05, 0) is 19.8 Å². The van der Waals surface area contributed by atoms with Crippen LogP contribution in [0.1, 0.15) is 65.2 Å². The first-order valence-electron chi connectivity index (χ1n) is 8.24. The molecule has 21 heavy (non-hydrogen) atoms. The SMILES string of the molecule is CCCCCCCCCC1=NO[C@@H](CO)[C@@H]1C(=O)OCC. The van der Waals surface area contributed by atoms with Crippen LogP contribution in [-0.4, -0.2) is 36.1 Å². The molecular weight excluding hydrogens is 270 g/mol. The molecule has 0 aromatic heterocycles. The Kier molecular flexibility index (Phi) is 9.06. The predicted molar refractivity (Wildman–Crippen MR) is 82.1 cm³/mol. The van der Waals surface area contributed by atoms with Crippen LogP contribution in [0.3, 0.4) is 0 Å². The smallest absolute Gasteiger partial charge is 0.318 e. The predicted octanol–water partition coefficient (Wildman–Crippen LogP) is 3.05. The Morgan fingerprint density at radius 2 is 1.86 bits per heavy atom. The topological polar surface area (TPSA) is 68.1 Å². The van der Waals surface area contributed by atoms with Gasteiger partial charge in [0.25, 0.3) is 0 Å². The van der Waals surface area contributed by atoms with E-state index in [-0.39, 0.29) is 12.6 Å². The Labute approximate surface area is 127 Å². The van der Waals surface area contributed by atoms with Crippen molar-refractivity contribution in [3.8, 4) is 0 Å².